The summed E-state index contributed by atoms with van der Waals surface area (Å²) in [7, 11) is 1.37. The number of methoxy groups -OCH3 is 1. The van der Waals surface area contributed by atoms with Crippen LogP contribution < -0.4 is 9.64 Å². The van der Waals surface area contributed by atoms with Crippen molar-refractivity contribution in [1.82, 2.24) is 9.88 Å². The zero-order chi connectivity index (χ0) is 33.6. The lowest BCUT2D eigenvalue weighted by Gasteiger charge is -2.41. The molecule has 1 aromatic heterocycles. The van der Waals surface area contributed by atoms with Gasteiger partial charge < -0.3 is 19.5 Å². The fraction of sp³-hybridized carbons (Fsp3) is 0.514. The molecule has 0 radical (unpaired) electrons. The number of aryl methyl sites for hydroxylation is 2. The molecule has 0 bridgehead atoms. The molecule has 3 heterocycles. The van der Waals surface area contributed by atoms with Crippen LogP contribution in [0.15, 0.2) is 30.3 Å². The molecule has 0 spiro atoms. The third-order valence-corrected chi connectivity index (χ3v) is 9.27. The molecule has 46 heavy (non-hydrogen) atoms. The number of nitrogens with zero attached hydrogens (tertiary/aromatic N) is 3. The molecule has 1 N–H and O–H groups in total. The van der Waals surface area contributed by atoms with Crippen LogP contribution in [0.2, 0.25) is 0 Å². The van der Waals surface area contributed by atoms with E-state index in [-0.39, 0.29) is 11.2 Å². The second-order valence-electron chi connectivity index (χ2n) is 14.5. The van der Waals surface area contributed by atoms with Gasteiger partial charge in [-0.25, -0.2) is 13.6 Å². The van der Waals surface area contributed by atoms with Gasteiger partial charge in [-0.1, -0.05) is 32.0 Å². The van der Waals surface area contributed by atoms with Gasteiger partial charge in [-0.3, -0.25) is 9.88 Å². The highest BCUT2D eigenvalue weighted by molar-refractivity contribution is 5.88. The van der Waals surface area contributed by atoms with Crippen LogP contribution in [0.1, 0.15) is 87.2 Å². The van der Waals surface area contributed by atoms with Gasteiger partial charge in [0.05, 0.1) is 18.4 Å². The van der Waals surface area contributed by atoms with Gasteiger partial charge in [-0.05, 0) is 82.1 Å². The van der Waals surface area contributed by atoms with Gasteiger partial charge in [-0.15, -0.1) is 0 Å². The normalized spacial score (nSPS) is 17.5. The summed E-state index contributed by atoms with van der Waals surface area (Å²) in [6, 6.07) is 8.72. The minimum Gasteiger partial charge on any atom is -0.494 e. The van der Waals surface area contributed by atoms with Crippen LogP contribution in [-0.2, 0) is 29.0 Å². The number of hydrogen-bond acceptors (Lipinski definition) is 6. The predicted octanol–water partition coefficient (Wildman–Crippen LogP) is 7.78. The fourth-order valence-corrected chi connectivity index (χ4v) is 6.75. The molecule has 1 saturated heterocycles. The molecule has 3 aromatic rings. The topological polar surface area (TPSA) is 75.1 Å². The maximum absolute atomic E-state index is 14.6. The lowest BCUT2D eigenvalue weighted by atomic mass is 9.81. The molecule has 9 heteroatoms. The molecule has 1 fully saturated rings. The van der Waals surface area contributed by atoms with E-state index in [0.717, 1.165) is 66.5 Å². The molecular weight excluding hydrogens is 588 g/mol. The number of carbonyl (C=O) groups is 1. The average molecular weight is 636 g/mol. The van der Waals surface area contributed by atoms with E-state index in [1.54, 1.807) is 0 Å². The number of rotatable bonds is 8. The molecule has 2 aliphatic heterocycles. The first kappa shape index (κ1) is 33.8. The van der Waals surface area contributed by atoms with E-state index in [1.807, 2.05) is 34.6 Å². The maximum Gasteiger partial charge on any atom is 0.337 e. The summed E-state index contributed by atoms with van der Waals surface area (Å²) in [5.74, 6) is -2.29. The number of carboxylic acid groups (broad SMARTS) is 1. The number of anilines is 1. The highest BCUT2D eigenvalue weighted by Gasteiger charge is 2.36. The summed E-state index contributed by atoms with van der Waals surface area (Å²) in [4.78, 5) is 22.2. The minimum atomic E-state index is -1.17. The van der Waals surface area contributed by atoms with Gasteiger partial charge in [0.25, 0.3) is 0 Å². The van der Waals surface area contributed by atoms with E-state index in [4.69, 9.17) is 14.5 Å². The quantitative estimate of drug-likeness (QED) is 0.271. The second-order valence-corrected chi connectivity index (χ2v) is 14.5. The Morgan fingerprint density at radius 2 is 1.72 bits per heavy atom. The van der Waals surface area contributed by atoms with Gasteiger partial charge >= 0.3 is 5.97 Å². The summed E-state index contributed by atoms with van der Waals surface area (Å²) < 4.78 is 39.9. The standard InChI is InChI=1S/C37H47F2N3O4/c1-22-31(25-9-10-26-20-41(14-11-24(26)17-25)21-27-18-30(45-8)29(39)19-28(27)38)33(42-15-12-37(6,7)13-16-42)32(23(2)40-22)34(35(43)44)46-36(3,4)5/h9-10,17-19,34H,11-16,20-21H2,1-8H3,(H,43,44). The number of piperidine rings is 1. The first-order valence-electron chi connectivity index (χ1n) is 16.1. The van der Waals surface area contributed by atoms with Crippen LogP contribution in [0.3, 0.4) is 0 Å². The summed E-state index contributed by atoms with van der Waals surface area (Å²) in [6.07, 6.45) is 1.57. The van der Waals surface area contributed by atoms with Crippen LogP contribution in [0.25, 0.3) is 11.1 Å². The zero-order valence-electron chi connectivity index (χ0n) is 28.4. The van der Waals surface area contributed by atoms with Crippen LogP contribution in [0.5, 0.6) is 5.75 Å². The number of benzene rings is 2. The van der Waals surface area contributed by atoms with E-state index in [2.05, 4.69) is 41.8 Å². The zero-order valence-corrected chi connectivity index (χ0v) is 28.4. The minimum absolute atomic E-state index is 0.0333. The molecule has 1 unspecified atom stereocenters. The lowest BCUT2D eigenvalue weighted by Crippen LogP contribution is -2.39. The van der Waals surface area contributed by atoms with Crippen molar-refractivity contribution >= 4 is 11.7 Å². The van der Waals surface area contributed by atoms with Gasteiger partial charge in [0.2, 0.25) is 0 Å². The number of carboxylic acids is 1. The number of aliphatic carboxylic acids is 1. The number of fused-ring (bicyclic) bond motifs is 1. The predicted molar refractivity (Wildman–Crippen MR) is 176 cm³/mol. The van der Waals surface area contributed by atoms with Crippen molar-refractivity contribution in [2.24, 2.45) is 5.41 Å². The number of aromatic nitrogens is 1. The number of halogens is 2. The van der Waals surface area contributed by atoms with Crippen LogP contribution >= 0.6 is 0 Å². The summed E-state index contributed by atoms with van der Waals surface area (Å²) >= 11 is 0. The molecule has 2 aliphatic rings. The highest BCUT2D eigenvalue weighted by Crippen LogP contribution is 2.45. The van der Waals surface area contributed by atoms with Gasteiger partial charge in [0, 0.05) is 66.9 Å². The first-order valence-corrected chi connectivity index (χ1v) is 16.1. The van der Waals surface area contributed by atoms with Crippen molar-refractivity contribution in [3.63, 3.8) is 0 Å². The molecule has 0 amide bonds. The number of ether oxygens (including phenoxy) is 2. The third kappa shape index (κ3) is 7.20. The molecule has 7 nitrogen and oxygen atoms in total. The second kappa shape index (κ2) is 12.9. The SMILES string of the molecule is COc1cc(CN2CCc3cc(-c4c(C)nc(C)c(C(OC(C)(C)C)C(=O)O)c4N4CCC(C)(C)CC4)ccc3C2)c(F)cc1F. The monoisotopic (exact) mass is 635 g/mol. The van der Waals surface area contributed by atoms with Crippen molar-refractivity contribution in [2.75, 3.05) is 31.6 Å². The molecule has 1 atom stereocenters. The molecule has 0 aliphatic carbocycles. The van der Waals surface area contributed by atoms with Crippen molar-refractivity contribution in [2.45, 2.75) is 92.5 Å². The summed E-state index contributed by atoms with van der Waals surface area (Å²) in [5.41, 5.74) is 7.22. The Morgan fingerprint density at radius 1 is 1.02 bits per heavy atom. The van der Waals surface area contributed by atoms with E-state index >= 15 is 0 Å². The Balaban J connectivity index is 1.55. The molecule has 5 rings (SSSR count). The Labute approximate surface area is 271 Å². The summed E-state index contributed by atoms with van der Waals surface area (Å²) in [5, 5.41) is 10.5. The fourth-order valence-electron chi connectivity index (χ4n) is 6.75. The molecule has 2 aromatic carbocycles. The Hall–Kier alpha value is -3.56. The molecule has 0 saturated carbocycles. The van der Waals surface area contributed by atoms with E-state index in [0.29, 0.717) is 36.5 Å². The average Bonchev–Trinajstić information content (AvgIpc) is 2.96. The lowest BCUT2D eigenvalue weighted by molar-refractivity contribution is -0.160. The van der Waals surface area contributed by atoms with E-state index < -0.39 is 29.3 Å². The van der Waals surface area contributed by atoms with Crippen LogP contribution in [-0.4, -0.2) is 53.3 Å². The number of pyridine rings is 1. The molecule has 248 valence electrons. The van der Waals surface area contributed by atoms with Crippen molar-refractivity contribution < 1.29 is 28.2 Å². The Morgan fingerprint density at radius 3 is 2.35 bits per heavy atom. The number of hydrogen-bond donors (Lipinski definition) is 1. The van der Waals surface area contributed by atoms with E-state index in [9.17, 15) is 18.7 Å². The van der Waals surface area contributed by atoms with Gasteiger partial charge in [-0.2, -0.15) is 0 Å². The van der Waals surface area contributed by atoms with E-state index in [1.165, 1.54) is 18.7 Å². The smallest absolute Gasteiger partial charge is 0.337 e. The first-order chi connectivity index (χ1) is 21.6. The van der Waals surface area contributed by atoms with Gasteiger partial charge in [0.15, 0.2) is 17.7 Å². The Kier molecular flexibility index (Phi) is 9.49. The molecular formula is C37H47F2N3O4. The van der Waals surface area contributed by atoms with Crippen LogP contribution in [0.4, 0.5) is 14.5 Å². The highest BCUT2D eigenvalue weighted by atomic mass is 19.1. The summed E-state index contributed by atoms with van der Waals surface area (Å²) in [6.45, 7) is 17.4. The Bertz CT molecular complexity index is 1620. The van der Waals surface area contributed by atoms with Crippen LogP contribution in [0, 0.1) is 30.9 Å². The van der Waals surface area contributed by atoms with Gasteiger partial charge in [0.1, 0.15) is 5.82 Å². The third-order valence-electron chi connectivity index (χ3n) is 9.27. The van der Waals surface area contributed by atoms with Crippen molar-refractivity contribution in [1.29, 1.82) is 0 Å². The maximum atomic E-state index is 14.6. The largest absolute Gasteiger partial charge is 0.494 e. The van der Waals surface area contributed by atoms with Crippen molar-refractivity contribution in [3.8, 4) is 16.9 Å². The van der Waals surface area contributed by atoms with Crippen molar-refractivity contribution in [3.05, 3.63) is 75.6 Å².